The first-order valence-corrected chi connectivity index (χ1v) is 12.3. The highest BCUT2D eigenvalue weighted by Crippen LogP contribution is 2.30. The van der Waals surface area contributed by atoms with Crippen molar-refractivity contribution in [1.29, 1.82) is 0 Å². The van der Waals surface area contributed by atoms with Gasteiger partial charge in [-0.05, 0) is 34.0 Å². The molecule has 0 aliphatic carbocycles. The molecule has 38 heavy (non-hydrogen) atoms. The predicted octanol–water partition coefficient (Wildman–Crippen LogP) is 3.34. The van der Waals surface area contributed by atoms with E-state index < -0.39 is 5.69 Å². The Kier molecular flexibility index (Phi) is 5.76. The second kappa shape index (κ2) is 9.40. The second-order valence-corrected chi connectivity index (χ2v) is 8.94. The summed E-state index contributed by atoms with van der Waals surface area (Å²) in [5, 5.41) is 14.4. The third-order valence-electron chi connectivity index (χ3n) is 6.68. The Bertz CT molecular complexity index is 1870. The number of aryl methyl sites for hydroxylation is 1. The monoisotopic (exact) mass is 504 g/mol. The lowest BCUT2D eigenvalue weighted by atomic mass is 9.98. The van der Waals surface area contributed by atoms with Crippen LogP contribution in [0.3, 0.4) is 0 Å². The molecule has 3 aromatic carbocycles. The maximum atomic E-state index is 13.3. The van der Waals surface area contributed by atoms with Crippen molar-refractivity contribution in [3.8, 4) is 28.2 Å². The van der Waals surface area contributed by atoms with Crippen LogP contribution in [0, 0.1) is 0 Å². The molecule has 0 aliphatic rings. The van der Waals surface area contributed by atoms with Gasteiger partial charge in [0.1, 0.15) is 5.82 Å². The number of nitrogens with one attached hydrogen (secondary N) is 1. The Morgan fingerprint density at radius 1 is 0.868 bits per heavy atom. The average Bonchev–Trinajstić information content (AvgIpc) is 3.62. The molecular formula is C28H24N8O2. The van der Waals surface area contributed by atoms with Gasteiger partial charge in [0.15, 0.2) is 11.2 Å². The van der Waals surface area contributed by atoms with Crippen LogP contribution in [0.1, 0.15) is 18.3 Å². The summed E-state index contributed by atoms with van der Waals surface area (Å²) in [7, 11) is 1.50. The second-order valence-electron chi connectivity index (χ2n) is 8.94. The number of aromatic amines is 1. The zero-order valence-corrected chi connectivity index (χ0v) is 20.9. The van der Waals surface area contributed by atoms with Gasteiger partial charge in [-0.1, -0.05) is 73.7 Å². The summed E-state index contributed by atoms with van der Waals surface area (Å²) in [6.45, 7) is 2.43. The van der Waals surface area contributed by atoms with Crippen LogP contribution in [0.5, 0.6) is 0 Å². The molecule has 0 spiro atoms. The summed E-state index contributed by atoms with van der Waals surface area (Å²) in [5.74, 6) is 1.27. The minimum atomic E-state index is -0.425. The van der Waals surface area contributed by atoms with E-state index in [9.17, 15) is 9.59 Å². The molecule has 1 N–H and O–H groups in total. The predicted molar refractivity (Wildman–Crippen MR) is 144 cm³/mol. The van der Waals surface area contributed by atoms with Gasteiger partial charge < -0.3 is 4.57 Å². The molecule has 3 aromatic heterocycles. The molecule has 10 nitrogen and oxygen atoms in total. The van der Waals surface area contributed by atoms with Gasteiger partial charge in [-0.2, -0.15) is 5.21 Å². The van der Waals surface area contributed by atoms with Crippen LogP contribution >= 0.6 is 0 Å². The third kappa shape index (κ3) is 3.83. The number of fused-ring (bicyclic) bond motifs is 1. The van der Waals surface area contributed by atoms with Crippen LogP contribution in [-0.4, -0.2) is 39.3 Å². The number of nitrogens with zero attached hydrogens (tertiary/aromatic N) is 7. The molecule has 188 valence electrons. The highest BCUT2D eigenvalue weighted by atomic mass is 16.2. The Morgan fingerprint density at radius 2 is 1.58 bits per heavy atom. The van der Waals surface area contributed by atoms with Crippen LogP contribution in [0.4, 0.5) is 0 Å². The van der Waals surface area contributed by atoms with Crippen LogP contribution in [-0.2, 0) is 20.0 Å². The quantitative estimate of drug-likeness (QED) is 0.372. The molecule has 3 heterocycles. The fourth-order valence-electron chi connectivity index (χ4n) is 4.77. The highest BCUT2D eigenvalue weighted by Gasteiger charge is 2.21. The Morgan fingerprint density at radius 3 is 2.26 bits per heavy atom. The first kappa shape index (κ1) is 23.3. The van der Waals surface area contributed by atoms with Crippen LogP contribution in [0.2, 0.25) is 0 Å². The molecule has 0 bridgehead atoms. The minimum Gasteiger partial charge on any atom is -0.318 e. The van der Waals surface area contributed by atoms with E-state index in [2.05, 4.69) is 20.6 Å². The van der Waals surface area contributed by atoms with Gasteiger partial charge in [-0.25, -0.2) is 14.3 Å². The van der Waals surface area contributed by atoms with E-state index in [1.807, 2.05) is 90.4 Å². The summed E-state index contributed by atoms with van der Waals surface area (Å²) >= 11 is 0. The van der Waals surface area contributed by atoms with E-state index in [-0.39, 0.29) is 5.56 Å². The van der Waals surface area contributed by atoms with Crippen molar-refractivity contribution in [2.45, 2.75) is 19.9 Å². The number of aromatic nitrogens is 8. The lowest BCUT2D eigenvalue weighted by Gasteiger charge is -2.12. The van der Waals surface area contributed by atoms with Gasteiger partial charge >= 0.3 is 5.69 Å². The summed E-state index contributed by atoms with van der Waals surface area (Å²) in [6.07, 6.45) is 0.608. The van der Waals surface area contributed by atoms with Crippen LogP contribution < -0.4 is 11.2 Å². The molecule has 0 atom stereocenters. The Hall–Kier alpha value is -5.12. The maximum Gasteiger partial charge on any atom is 0.337 e. The SMILES string of the molecule is CCc1nc2c(c(=O)n(C)c(=O)n2-c2ccccc2)n1Cc1ccc(-c2ccccc2-c2nn[nH]n2)cc1. The molecule has 0 saturated heterocycles. The maximum absolute atomic E-state index is 13.3. The molecule has 0 amide bonds. The molecular weight excluding hydrogens is 480 g/mol. The zero-order valence-electron chi connectivity index (χ0n) is 20.9. The summed E-state index contributed by atoms with van der Waals surface area (Å²) in [6, 6.07) is 25.3. The first-order chi connectivity index (χ1) is 18.6. The van der Waals surface area contributed by atoms with Crippen molar-refractivity contribution in [1.82, 2.24) is 39.3 Å². The fraction of sp³-hybridized carbons (Fsp3) is 0.143. The Balaban J connectivity index is 1.44. The van der Waals surface area contributed by atoms with Crippen LogP contribution in [0.25, 0.3) is 39.4 Å². The van der Waals surface area contributed by atoms with Crippen molar-refractivity contribution in [2.75, 3.05) is 0 Å². The molecule has 0 saturated carbocycles. The van der Waals surface area contributed by atoms with E-state index in [1.165, 1.54) is 11.6 Å². The zero-order chi connectivity index (χ0) is 26.2. The van der Waals surface area contributed by atoms with Crippen molar-refractivity contribution in [3.63, 3.8) is 0 Å². The normalized spacial score (nSPS) is 11.3. The third-order valence-corrected chi connectivity index (χ3v) is 6.68. The Labute approximate surface area is 216 Å². The van der Waals surface area contributed by atoms with Crippen LogP contribution in [0.15, 0.2) is 88.5 Å². The molecule has 6 rings (SSSR count). The molecule has 0 fully saturated rings. The number of rotatable bonds is 6. The van der Waals surface area contributed by atoms with E-state index in [4.69, 9.17) is 4.98 Å². The molecule has 10 heteroatoms. The van der Waals surface area contributed by atoms with E-state index in [0.717, 1.165) is 32.6 Å². The minimum absolute atomic E-state index is 0.366. The lowest BCUT2D eigenvalue weighted by molar-refractivity contribution is 0.725. The van der Waals surface area contributed by atoms with Gasteiger partial charge in [0.05, 0.1) is 5.69 Å². The van der Waals surface area contributed by atoms with Crippen molar-refractivity contribution < 1.29 is 0 Å². The first-order valence-electron chi connectivity index (χ1n) is 12.3. The van der Waals surface area contributed by atoms with Gasteiger partial charge in [-0.15, -0.1) is 10.2 Å². The number of para-hydroxylation sites is 1. The van der Waals surface area contributed by atoms with E-state index >= 15 is 0 Å². The number of imidazole rings is 1. The van der Waals surface area contributed by atoms with Crippen molar-refractivity contribution >= 4 is 11.2 Å². The average molecular weight is 505 g/mol. The molecule has 6 aromatic rings. The van der Waals surface area contributed by atoms with Crippen molar-refractivity contribution in [2.24, 2.45) is 7.05 Å². The number of tetrazole rings is 1. The molecule has 0 radical (unpaired) electrons. The van der Waals surface area contributed by atoms with Gasteiger partial charge in [0, 0.05) is 25.6 Å². The molecule has 0 aliphatic heterocycles. The van der Waals surface area contributed by atoms with Gasteiger partial charge in [0.2, 0.25) is 5.82 Å². The summed E-state index contributed by atoms with van der Waals surface area (Å²) in [5.41, 5.74) is 4.52. The van der Waals surface area contributed by atoms with E-state index in [0.29, 0.717) is 35.6 Å². The number of H-pyrrole nitrogens is 1. The topological polar surface area (TPSA) is 116 Å². The summed E-state index contributed by atoms with van der Waals surface area (Å²) < 4.78 is 4.56. The smallest absolute Gasteiger partial charge is 0.318 e. The van der Waals surface area contributed by atoms with Gasteiger partial charge in [-0.3, -0.25) is 9.36 Å². The van der Waals surface area contributed by atoms with Crippen molar-refractivity contribution in [3.05, 3.63) is 111 Å². The number of hydrogen-bond acceptors (Lipinski definition) is 6. The highest BCUT2D eigenvalue weighted by molar-refractivity contribution is 5.80. The standard InChI is InChI=1S/C28H24N8O2/c1-3-23-29-26-24(27(37)34(2)28(38)36(26)20-9-5-4-6-10-20)35(23)17-18-13-15-19(16-14-18)21-11-7-8-12-22(21)25-30-32-33-31-25/h4-16H,3,17H2,1-2H3,(H,30,31,32,33). The fourth-order valence-corrected chi connectivity index (χ4v) is 4.77. The number of hydrogen-bond donors (Lipinski definition) is 1. The van der Waals surface area contributed by atoms with E-state index in [1.54, 1.807) is 0 Å². The molecule has 0 unspecified atom stereocenters. The summed E-state index contributed by atoms with van der Waals surface area (Å²) in [4.78, 5) is 31.2. The lowest BCUT2D eigenvalue weighted by Crippen LogP contribution is -2.38. The largest absolute Gasteiger partial charge is 0.337 e. The number of benzene rings is 3. The van der Waals surface area contributed by atoms with Gasteiger partial charge in [0.25, 0.3) is 5.56 Å².